The predicted octanol–water partition coefficient (Wildman–Crippen LogP) is -6.70. The van der Waals surface area contributed by atoms with Crippen LogP contribution < -0.4 is 59.1 Å². The molecule has 0 aliphatic rings. The third-order valence-electron chi connectivity index (χ3n) is 0.787. The second-order valence-electron chi connectivity index (χ2n) is 2.25. The van der Waals surface area contributed by atoms with Crippen LogP contribution in [0, 0.1) is 11.2 Å². The van der Waals surface area contributed by atoms with E-state index in [0.717, 1.165) is 20.8 Å². The fourth-order valence-corrected chi connectivity index (χ4v) is 0.479. The van der Waals surface area contributed by atoms with Crippen LogP contribution in [0.5, 0.6) is 0 Å². The molecule has 0 bridgehead atoms. The van der Waals surface area contributed by atoms with Gasteiger partial charge < -0.3 is 21.8 Å². The fourth-order valence-electron chi connectivity index (χ4n) is 0.479. The summed E-state index contributed by atoms with van der Waals surface area (Å²) in [5.74, 6) is -0.896. The van der Waals surface area contributed by atoms with E-state index in [0.29, 0.717) is 0 Å². The van der Waals surface area contributed by atoms with Gasteiger partial charge in [-0.1, -0.05) is 0 Å². The van der Waals surface area contributed by atoms with E-state index >= 15 is 0 Å². The SMILES string of the molecule is CC(=O)O[B-](OC(C)=O)OC(C)=O.[B-]C#N.[Na+].[Na+]. The maximum atomic E-state index is 10.4. The van der Waals surface area contributed by atoms with E-state index in [4.69, 9.17) is 5.26 Å². The van der Waals surface area contributed by atoms with Crippen LogP contribution in [0.3, 0.4) is 0 Å². The largest absolute Gasteiger partial charge is 1.00 e. The molecule has 0 saturated heterocycles. The Hall–Kier alpha value is 0.0299. The van der Waals surface area contributed by atoms with Gasteiger partial charge in [-0.3, -0.25) is 25.6 Å². The molecule has 0 heterocycles. The van der Waals surface area contributed by atoms with Crippen LogP contribution >= 0.6 is 0 Å². The molecule has 0 amide bonds. The molecule has 0 rings (SSSR count). The average molecular weight is 271 g/mol. The van der Waals surface area contributed by atoms with Gasteiger partial charge in [0, 0.05) is 20.8 Å². The van der Waals surface area contributed by atoms with Crippen molar-refractivity contribution in [3.63, 3.8) is 0 Å². The minimum Gasteiger partial charge on any atom is -0.642 e. The van der Waals surface area contributed by atoms with Gasteiger partial charge in [0.1, 0.15) is 0 Å². The van der Waals surface area contributed by atoms with Crippen LogP contribution in [0.4, 0.5) is 0 Å². The van der Waals surface area contributed by atoms with Crippen LogP contribution in [0.25, 0.3) is 0 Å². The second kappa shape index (κ2) is 17.0. The number of hydrogen-bond donors (Lipinski definition) is 0. The van der Waals surface area contributed by atoms with Crippen LogP contribution in [0.1, 0.15) is 20.8 Å². The van der Waals surface area contributed by atoms with Gasteiger partial charge in [-0.25, -0.2) is 0 Å². The van der Waals surface area contributed by atoms with Crippen molar-refractivity contribution in [2.75, 3.05) is 0 Å². The Bertz CT molecular complexity index is 271. The van der Waals surface area contributed by atoms with E-state index in [1.807, 2.05) is 0 Å². The number of carbonyl (C=O) groups is 3. The Kier molecular flexibility index (Phi) is 25.1. The molecule has 0 aromatic carbocycles. The summed E-state index contributed by atoms with van der Waals surface area (Å²) >= 11 is 0. The zero-order valence-electron chi connectivity index (χ0n) is 11.1. The van der Waals surface area contributed by atoms with Gasteiger partial charge in [0.2, 0.25) is 0 Å². The zero-order chi connectivity index (χ0) is 13.1. The van der Waals surface area contributed by atoms with Gasteiger partial charge in [0.15, 0.2) is 0 Å². The van der Waals surface area contributed by atoms with E-state index in [9.17, 15) is 14.4 Å². The van der Waals surface area contributed by atoms with Gasteiger partial charge in [0.25, 0.3) is 17.9 Å². The molecule has 0 N–H and O–H groups in total. The van der Waals surface area contributed by atoms with Crippen molar-refractivity contribution >= 4 is 33.1 Å². The van der Waals surface area contributed by atoms with Crippen molar-refractivity contribution in [3.05, 3.63) is 0 Å². The van der Waals surface area contributed by atoms with Crippen molar-refractivity contribution in [2.45, 2.75) is 20.8 Å². The normalized spacial score (nSPS) is 7.11. The first-order valence-corrected chi connectivity index (χ1v) is 3.94. The minimum absolute atomic E-state index is 0. The number of carbonyl (C=O) groups excluding carboxylic acids is 3. The molecule has 0 spiro atoms. The van der Waals surface area contributed by atoms with Crippen molar-refractivity contribution in [3.8, 4) is 5.97 Å². The summed E-state index contributed by atoms with van der Waals surface area (Å²) < 4.78 is 13.0. The first kappa shape index (κ1) is 26.6. The molecular formula is C7H9B2NNa2O6. The molecule has 7 nitrogen and oxygen atoms in total. The van der Waals surface area contributed by atoms with E-state index in [1.165, 1.54) is 5.97 Å². The fraction of sp³-hybridized carbons (Fsp3) is 0.429. The van der Waals surface area contributed by atoms with Gasteiger partial charge >= 0.3 is 66.4 Å². The molecule has 0 unspecified atom stereocenters. The Morgan fingerprint density at radius 1 is 0.944 bits per heavy atom. The molecule has 0 saturated carbocycles. The third-order valence-corrected chi connectivity index (χ3v) is 0.787. The van der Waals surface area contributed by atoms with Crippen molar-refractivity contribution < 1.29 is 87.5 Å². The maximum Gasteiger partial charge on any atom is 1.00 e. The Morgan fingerprint density at radius 3 is 1.22 bits per heavy atom. The first-order valence-electron chi connectivity index (χ1n) is 3.94. The summed E-state index contributed by atoms with van der Waals surface area (Å²) in [5, 5.41) is 7.10. The van der Waals surface area contributed by atoms with Crippen molar-refractivity contribution in [2.24, 2.45) is 0 Å². The van der Waals surface area contributed by atoms with Crippen LogP contribution in [-0.2, 0) is 28.3 Å². The second-order valence-corrected chi connectivity index (χ2v) is 2.25. The standard InChI is InChI=1S/C6H9BO6.CBN.2Na/c1-4(8)11-7(12-5(2)9)13-6(3)10;2-1-3;;/h1-3H3;;;/q2*-1;2*+1. The third kappa shape index (κ3) is 25.0. The molecule has 0 atom stereocenters. The smallest absolute Gasteiger partial charge is 0.642 e. The number of nitriles is 1. The molecule has 0 aliphatic carbocycles. The Morgan fingerprint density at radius 2 is 1.11 bits per heavy atom. The maximum absolute atomic E-state index is 10.4. The molecule has 18 heavy (non-hydrogen) atoms. The topological polar surface area (TPSA) is 103 Å². The first-order chi connectivity index (χ1) is 7.33. The van der Waals surface area contributed by atoms with Crippen LogP contribution in [0.2, 0.25) is 0 Å². The quantitative estimate of drug-likeness (QED) is 0.470. The summed E-state index contributed by atoms with van der Waals surface area (Å²) in [6, 6.07) is 0. The minimum atomic E-state index is -1.59. The van der Waals surface area contributed by atoms with Crippen molar-refractivity contribution in [1.29, 1.82) is 5.26 Å². The summed E-state index contributed by atoms with van der Waals surface area (Å²) in [6.45, 7) is 3.29. The number of hydrogen-bond acceptors (Lipinski definition) is 7. The number of rotatable bonds is 3. The van der Waals surface area contributed by atoms with E-state index in [2.05, 4.69) is 21.8 Å². The van der Waals surface area contributed by atoms with Gasteiger partial charge in [-0.05, 0) is 0 Å². The Balaban J connectivity index is -0.000000177. The monoisotopic (exact) mass is 271 g/mol. The summed E-state index contributed by atoms with van der Waals surface area (Å²) in [6.07, 6.45) is 0. The van der Waals surface area contributed by atoms with E-state index in [-0.39, 0.29) is 59.1 Å². The molecular weight excluding hydrogens is 262 g/mol. The molecule has 86 valence electrons. The van der Waals surface area contributed by atoms with Gasteiger partial charge in [-0.2, -0.15) is 0 Å². The van der Waals surface area contributed by atoms with E-state index < -0.39 is 25.2 Å². The molecule has 11 heteroatoms. The molecule has 4 radical (unpaired) electrons. The average Bonchev–Trinajstić information content (AvgIpc) is 2.00. The molecule has 0 fully saturated rings. The predicted molar refractivity (Wildman–Crippen MR) is 52.4 cm³/mol. The van der Waals surface area contributed by atoms with Crippen molar-refractivity contribution in [1.82, 2.24) is 0 Å². The zero-order valence-corrected chi connectivity index (χ0v) is 15.1. The summed E-state index contributed by atoms with van der Waals surface area (Å²) in [5.41, 5.74) is 0. The van der Waals surface area contributed by atoms with Gasteiger partial charge in [0.05, 0.1) is 0 Å². The molecule has 0 aromatic heterocycles. The summed E-state index contributed by atoms with van der Waals surface area (Å²) in [4.78, 5) is 31.2. The van der Waals surface area contributed by atoms with Gasteiger partial charge in [-0.15, -0.1) is 0 Å². The Labute approximate surface area is 151 Å². The molecule has 0 aliphatic heterocycles. The molecule has 0 aromatic rings. The van der Waals surface area contributed by atoms with Crippen LogP contribution in [-0.4, -0.2) is 33.1 Å². The van der Waals surface area contributed by atoms with Crippen LogP contribution in [0.15, 0.2) is 0 Å². The number of nitrogens with zero attached hydrogens (tertiary/aromatic N) is 1. The van der Waals surface area contributed by atoms with E-state index in [1.54, 1.807) is 0 Å². The summed E-state index contributed by atoms with van der Waals surface area (Å²) in [7, 11) is 2.56.